The Balaban J connectivity index is 1.63. The smallest absolute Gasteiger partial charge is 0.0755 e. The molecular weight excluding hydrogens is 418 g/mol. The van der Waals surface area contributed by atoms with Gasteiger partial charge >= 0.3 is 0 Å². The molecule has 0 aromatic carbocycles. The van der Waals surface area contributed by atoms with Crippen LogP contribution in [0.3, 0.4) is 0 Å². The number of rotatable bonds is 4. The quantitative estimate of drug-likeness (QED) is 0.306. The number of nitrogens with zero attached hydrogens (tertiary/aromatic N) is 3. The molecule has 4 aromatic rings. The highest BCUT2D eigenvalue weighted by atomic mass is 14.8. The molecule has 166 valence electrons. The summed E-state index contributed by atoms with van der Waals surface area (Å²) in [6, 6.07) is 18.9. The molecule has 6 rings (SSSR count). The van der Waals surface area contributed by atoms with Crippen LogP contribution in [0, 0.1) is 0 Å². The van der Waals surface area contributed by atoms with Crippen LogP contribution in [-0.2, 0) is 6.42 Å². The van der Waals surface area contributed by atoms with Crippen LogP contribution in [0.15, 0.2) is 60.8 Å². The van der Waals surface area contributed by atoms with Crippen LogP contribution < -0.4 is 0 Å². The Kier molecular flexibility index (Phi) is 5.15. The third-order valence-electron chi connectivity index (χ3n) is 6.11. The maximum absolute atomic E-state index is 4.81. The van der Waals surface area contributed by atoms with Gasteiger partial charge in [-0.1, -0.05) is 19.4 Å². The van der Waals surface area contributed by atoms with Gasteiger partial charge in [0.1, 0.15) is 0 Å². The number of aryl methyl sites for hydroxylation is 1. The standard InChI is InChI=1S/C29H25N5/c1-2-3-5-19-6-4-13-30-29(19)27-17-26-16-24-10-9-22(32-24)14-20-7-8-21(31-20)15-23-11-12-25(33-23)18-28(27)34-26/h4,6-18,32,34H,2-3,5H2,1H3. The van der Waals surface area contributed by atoms with E-state index < -0.39 is 0 Å². The van der Waals surface area contributed by atoms with Gasteiger partial charge < -0.3 is 9.97 Å². The average molecular weight is 444 g/mol. The maximum Gasteiger partial charge on any atom is 0.0755 e. The Morgan fingerprint density at radius 1 is 0.706 bits per heavy atom. The first-order chi connectivity index (χ1) is 16.7. The van der Waals surface area contributed by atoms with E-state index in [0.717, 1.165) is 75.4 Å². The highest BCUT2D eigenvalue weighted by molar-refractivity contribution is 5.87. The van der Waals surface area contributed by atoms with E-state index in [9.17, 15) is 0 Å². The van der Waals surface area contributed by atoms with Crippen molar-refractivity contribution >= 4 is 46.4 Å². The van der Waals surface area contributed by atoms with E-state index >= 15 is 0 Å². The molecular formula is C29H25N5. The van der Waals surface area contributed by atoms with Crippen LogP contribution in [0.2, 0.25) is 0 Å². The van der Waals surface area contributed by atoms with E-state index in [1.54, 1.807) is 0 Å². The van der Waals surface area contributed by atoms with Crippen molar-refractivity contribution in [3.63, 3.8) is 0 Å². The number of aromatic amines is 2. The zero-order chi connectivity index (χ0) is 22.9. The maximum atomic E-state index is 4.81. The molecule has 0 spiro atoms. The Bertz CT molecular complexity index is 1600. The van der Waals surface area contributed by atoms with Gasteiger partial charge in [-0.2, -0.15) is 0 Å². The van der Waals surface area contributed by atoms with Crippen LogP contribution >= 0.6 is 0 Å². The zero-order valence-electron chi connectivity index (χ0n) is 19.0. The van der Waals surface area contributed by atoms with Crippen molar-refractivity contribution in [2.75, 3.05) is 0 Å². The fourth-order valence-electron chi connectivity index (χ4n) is 4.46. The number of H-pyrrole nitrogens is 2. The summed E-state index contributed by atoms with van der Waals surface area (Å²) >= 11 is 0. The number of aromatic nitrogens is 5. The van der Waals surface area contributed by atoms with Crippen molar-refractivity contribution in [3.8, 4) is 11.3 Å². The van der Waals surface area contributed by atoms with Gasteiger partial charge in [0.15, 0.2) is 0 Å². The molecule has 0 amide bonds. The van der Waals surface area contributed by atoms with Crippen LogP contribution in [0.25, 0.3) is 57.6 Å². The molecule has 0 saturated heterocycles. The molecule has 2 aliphatic rings. The van der Waals surface area contributed by atoms with Crippen LogP contribution in [0.4, 0.5) is 0 Å². The molecule has 5 nitrogen and oxygen atoms in total. The second-order valence-corrected chi connectivity index (χ2v) is 8.70. The van der Waals surface area contributed by atoms with Crippen LogP contribution in [0.5, 0.6) is 0 Å². The molecule has 0 radical (unpaired) electrons. The minimum Gasteiger partial charge on any atom is -0.355 e. The average Bonchev–Trinajstić information content (AvgIpc) is 3.63. The summed E-state index contributed by atoms with van der Waals surface area (Å²) in [5.41, 5.74) is 11.1. The summed E-state index contributed by atoms with van der Waals surface area (Å²) < 4.78 is 0. The second-order valence-electron chi connectivity index (χ2n) is 8.70. The number of hydrogen-bond acceptors (Lipinski definition) is 3. The van der Waals surface area contributed by atoms with Gasteiger partial charge in [0.2, 0.25) is 0 Å². The molecule has 34 heavy (non-hydrogen) atoms. The third kappa shape index (κ3) is 4.08. The molecule has 0 atom stereocenters. The van der Waals surface area contributed by atoms with Crippen molar-refractivity contribution in [2.45, 2.75) is 26.2 Å². The van der Waals surface area contributed by atoms with E-state index in [1.165, 1.54) is 5.56 Å². The predicted octanol–water partition coefficient (Wildman–Crippen LogP) is 7.06. The van der Waals surface area contributed by atoms with Crippen LogP contribution in [-0.4, -0.2) is 24.9 Å². The second kappa shape index (κ2) is 8.60. The lowest BCUT2D eigenvalue weighted by atomic mass is 10.0. The molecule has 0 saturated carbocycles. The molecule has 2 N–H and O–H groups in total. The molecule has 2 aliphatic heterocycles. The normalized spacial score (nSPS) is 12.4. The third-order valence-corrected chi connectivity index (χ3v) is 6.11. The summed E-state index contributed by atoms with van der Waals surface area (Å²) in [5.74, 6) is 0. The highest BCUT2D eigenvalue weighted by Gasteiger charge is 2.11. The number of unbranched alkanes of at least 4 members (excludes halogenated alkanes) is 1. The predicted molar refractivity (Wildman–Crippen MR) is 141 cm³/mol. The number of nitrogens with one attached hydrogen (secondary N) is 2. The zero-order valence-corrected chi connectivity index (χ0v) is 19.0. The lowest BCUT2D eigenvalue weighted by molar-refractivity contribution is 0.793. The molecule has 8 bridgehead atoms. The largest absolute Gasteiger partial charge is 0.355 e. The Morgan fingerprint density at radius 2 is 1.41 bits per heavy atom. The fourth-order valence-corrected chi connectivity index (χ4v) is 4.46. The molecule has 0 aliphatic carbocycles. The van der Waals surface area contributed by atoms with Crippen molar-refractivity contribution in [1.82, 2.24) is 24.9 Å². The molecule has 4 aromatic heterocycles. The van der Waals surface area contributed by atoms with E-state index in [2.05, 4.69) is 59.4 Å². The number of fused-ring (bicyclic) bond motifs is 8. The van der Waals surface area contributed by atoms with Crippen molar-refractivity contribution in [2.24, 2.45) is 0 Å². The topological polar surface area (TPSA) is 70.2 Å². The molecule has 0 fully saturated rings. The van der Waals surface area contributed by atoms with Crippen molar-refractivity contribution < 1.29 is 0 Å². The van der Waals surface area contributed by atoms with E-state index in [-0.39, 0.29) is 0 Å². The van der Waals surface area contributed by atoms with Gasteiger partial charge in [-0.05, 0) is 91.2 Å². The van der Waals surface area contributed by atoms with Gasteiger partial charge in [-0.15, -0.1) is 0 Å². The fraction of sp³-hybridized carbons (Fsp3) is 0.138. The van der Waals surface area contributed by atoms with Gasteiger partial charge in [0, 0.05) is 28.3 Å². The van der Waals surface area contributed by atoms with Crippen LogP contribution in [0.1, 0.15) is 48.1 Å². The first kappa shape index (κ1) is 20.4. The monoisotopic (exact) mass is 443 g/mol. The Labute approximate surface area is 198 Å². The first-order valence-corrected chi connectivity index (χ1v) is 11.8. The highest BCUT2D eigenvalue weighted by Crippen LogP contribution is 2.29. The molecule has 0 unspecified atom stereocenters. The van der Waals surface area contributed by atoms with Gasteiger partial charge in [0.25, 0.3) is 0 Å². The Hall–Kier alpha value is -4.25. The lowest BCUT2D eigenvalue weighted by Crippen LogP contribution is -1.92. The van der Waals surface area contributed by atoms with Crippen molar-refractivity contribution in [3.05, 3.63) is 89.1 Å². The first-order valence-electron chi connectivity index (χ1n) is 11.8. The van der Waals surface area contributed by atoms with E-state index in [0.29, 0.717) is 0 Å². The van der Waals surface area contributed by atoms with E-state index in [4.69, 9.17) is 15.0 Å². The van der Waals surface area contributed by atoms with Gasteiger partial charge in [0.05, 0.1) is 34.0 Å². The van der Waals surface area contributed by atoms with Crippen molar-refractivity contribution in [1.29, 1.82) is 0 Å². The molecule has 5 heteroatoms. The minimum absolute atomic E-state index is 0.895. The molecule has 6 heterocycles. The SMILES string of the molecule is CCCCc1cccnc1-c1cc2cc3ccc(cc4nc(cc5nc(cc1[nH]2)C=C5)C=C4)[nH]3. The summed E-state index contributed by atoms with van der Waals surface area (Å²) in [7, 11) is 0. The number of pyridine rings is 1. The minimum atomic E-state index is 0.895. The number of hydrogen-bond donors (Lipinski definition) is 2. The van der Waals surface area contributed by atoms with Gasteiger partial charge in [-0.3, -0.25) is 4.98 Å². The summed E-state index contributed by atoms with van der Waals surface area (Å²) in [5, 5.41) is 0. The Morgan fingerprint density at radius 3 is 2.18 bits per heavy atom. The summed E-state index contributed by atoms with van der Waals surface area (Å²) in [6.45, 7) is 2.22. The summed E-state index contributed by atoms with van der Waals surface area (Å²) in [6.07, 6.45) is 13.3. The van der Waals surface area contributed by atoms with E-state index in [1.807, 2.05) is 42.6 Å². The van der Waals surface area contributed by atoms with Gasteiger partial charge in [-0.25, -0.2) is 9.97 Å². The summed E-state index contributed by atoms with van der Waals surface area (Å²) in [4.78, 5) is 21.4. The lowest BCUT2D eigenvalue weighted by Gasteiger charge is -2.06.